The second-order valence-corrected chi connectivity index (χ2v) is 7.80. The zero-order chi connectivity index (χ0) is 19.8. The minimum atomic E-state index is 0.0163. The molecule has 150 valence electrons. The average molecular weight is 375 g/mol. The second-order valence-electron chi connectivity index (χ2n) is 7.80. The molecule has 1 fully saturated rings. The number of aliphatic imine (C=N–C) groups is 1. The van der Waals surface area contributed by atoms with Crippen LogP contribution in [0.2, 0.25) is 0 Å². The predicted molar refractivity (Wildman–Crippen MR) is 110 cm³/mol. The van der Waals surface area contributed by atoms with Crippen molar-refractivity contribution < 1.29 is 9.53 Å². The number of carbonyl (C=O) groups excluding carboxylic acids is 1. The summed E-state index contributed by atoms with van der Waals surface area (Å²) in [5.74, 6) is 2.99. The van der Waals surface area contributed by atoms with Crippen molar-refractivity contribution in [3.05, 3.63) is 29.8 Å². The highest BCUT2D eigenvalue weighted by molar-refractivity contribution is 5.85. The normalized spacial score (nSPS) is 20.3. The molecule has 0 saturated carbocycles. The number of nitrogens with zero attached hydrogens (tertiary/aromatic N) is 3. The van der Waals surface area contributed by atoms with Gasteiger partial charge in [-0.05, 0) is 42.4 Å². The van der Waals surface area contributed by atoms with Gasteiger partial charge in [0.15, 0.2) is 5.96 Å². The van der Waals surface area contributed by atoms with E-state index in [0.29, 0.717) is 11.8 Å². The number of rotatable bonds is 6. The number of guanidine groups is 1. The van der Waals surface area contributed by atoms with E-state index in [1.807, 2.05) is 12.1 Å². The molecule has 6 nitrogen and oxygen atoms in total. The Labute approximate surface area is 163 Å². The van der Waals surface area contributed by atoms with Gasteiger partial charge in [0.25, 0.3) is 0 Å². The molecule has 2 rings (SSSR count). The molecule has 1 heterocycles. The number of hydrogen-bond donors (Lipinski definition) is 1. The zero-order valence-corrected chi connectivity index (χ0v) is 17.4. The lowest BCUT2D eigenvalue weighted by atomic mass is 9.92. The molecule has 1 saturated heterocycles. The van der Waals surface area contributed by atoms with Gasteiger partial charge in [-0.1, -0.05) is 26.0 Å². The summed E-state index contributed by atoms with van der Waals surface area (Å²) in [6, 6.07) is 8.12. The van der Waals surface area contributed by atoms with Crippen molar-refractivity contribution in [2.45, 2.75) is 26.7 Å². The van der Waals surface area contributed by atoms with Crippen molar-refractivity contribution in [2.24, 2.45) is 16.8 Å². The van der Waals surface area contributed by atoms with Gasteiger partial charge >= 0.3 is 0 Å². The highest BCUT2D eigenvalue weighted by atomic mass is 16.5. The van der Waals surface area contributed by atoms with E-state index in [4.69, 9.17) is 4.74 Å². The third-order valence-electron chi connectivity index (χ3n) is 4.89. The number of hydrogen-bond acceptors (Lipinski definition) is 3. The lowest BCUT2D eigenvalue weighted by molar-refractivity contribution is -0.127. The topological polar surface area (TPSA) is 57.2 Å². The summed E-state index contributed by atoms with van der Waals surface area (Å²) in [4.78, 5) is 20.5. The lowest BCUT2D eigenvalue weighted by Crippen LogP contribution is -2.49. The van der Waals surface area contributed by atoms with E-state index < -0.39 is 0 Å². The molecule has 6 heteroatoms. The Morgan fingerprint density at radius 1 is 1.22 bits per heavy atom. The quantitative estimate of drug-likeness (QED) is 0.613. The van der Waals surface area contributed by atoms with Gasteiger partial charge in [0.2, 0.25) is 5.91 Å². The van der Waals surface area contributed by atoms with Crippen molar-refractivity contribution in [2.75, 3.05) is 47.4 Å². The maximum Gasteiger partial charge on any atom is 0.243 e. The van der Waals surface area contributed by atoms with E-state index in [1.54, 1.807) is 26.1 Å². The first-order chi connectivity index (χ1) is 12.9. The van der Waals surface area contributed by atoms with E-state index in [9.17, 15) is 4.79 Å². The van der Waals surface area contributed by atoms with Crippen molar-refractivity contribution >= 4 is 11.9 Å². The van der Waals surface area contributed by atoms with Gasteiger partial charge in [0.1, 0.15) is 12.3 Å². The van der Waals surface area contributed by atoms with Crippen LogP contribution in [0.1, 0.15) is 25.8 Å². The molecule has 2 unspecified atom stereocenters. The van der Waals surface area contributed by atoms with Gasteiger partial charge in [-0.2, -0.15) is 0 Å². The van der Waals surface area contributed by atoms with Crippen LogP contribution in [0, 0.1) is 11.8 Å². The van der Waals surface area contributed by atoms with Crippen LogP contribution in [0.15, 0.2) is 29.3 Å². The first kappa shape index (κ1) is 21.1. The van der Waals surface area contributed by atoms with E-state index in [1.165, 1.54) is 12.0 Å². The molecule has 0 aromatic heterocycles. The number of likely N-dealkylation sites (N-methyl/N-ethyl adjacent to an activating group) is 1. The number of methoxy groups -OCH3 is 1. The average Bonchev–Trinajstić information content (AvgIpc) is 2.63. The van der Waals surface area contributed by atoms with Crippen LogP contribution in [0.5, 0.6) is 5.75 Å². The molecule has 1 aromatic rings. The van der Waals surface area contributed by atoms with Gasteiger partial charge in [0.05, 0.1) is 7.11 Å². The van der Waals surface area contributed by atoms with Crippen LogP contribution >= 0.6 is 0 Å². The Balaban J connectivity index is 1.99. The third-order valence-corrected chi connectivity index (χ3v) is 4.89. The smallest absolute Gasteiger partial charge is 0.243 e. The SMILES string of the molecule is COc1ccc(CCNC(=NCC(=O)N(C)C)N2CC(C)CC(C)C2)cc1. The van der Waals surface area contributed by atoms with Gasteiger partial charge in [-0.25, -0.2) is 4.99 Å². The Bertz CT molecular complexity index is 618. The molecule has 0 radical (unpaired) electrons. The van der Waals surface area contributed by atoms with Gasteiger partial charge in [-0.15, -0.1) is 0 Å². The number of amides is 1. The first-order valence-electron chi connectivity index (χ1n) is 9.75. The summed E-state index contributed by atoms with van der Waals surface area (Å²) < 4.78 is 5.21. The number of carbonyl (C=O) groups is 1. The number of nitrogens with one attached hydrogen (secondary N) is 1. The van der Waals surface area contributed by atoms with E-state index >= 15 is 0 Å². The molecular weight excluding hydrogens is 340 g/mol. The lowest BCUT2D eigenvalue weighted by Gasteiger charge is -2.37. The van der Waals surface area contributed by atoms with E-state index in [0.717, 1.165) is 37.8 Å². The Morgan fingerprint density at radius 2 is 1.85 bits per heavy atom. The molecule has 1 aliphatic rings. The van der Waals surface area contributed by atoms with Gasteiger partial charge < -0.3 is 19.9 Å². The molecule has 27 heavy (non-hydrogen) atoms. The molecule has 1 aromatic carbocycles. The van der Waals surface area contributed by atoms with Crippen LogP contribution in [-0.2, 0) is 11.2 Å². The molecule has 1 N–H and O–H groups in total. The molecule has 0 bridgehead atoms. The maximum absolute atomic E-state index is 12.0. The Hall–Kier alpha value is -2.24. The van der Waals surface area contributed by atoms with Crippen LogP contribution in [-0.4, -0.2) is 69.1 Å². The fourth-order valence-corrected chi connectivity index (χ4v) is 3.50. The van der Waals surface area contributed by atoms with Crippen LogP contribution in [0.3, 0.4) is 0 Å². The summed E-state index contributed by atoms with van der Waals surface area (Å²) in [6.07, 6.45) is 2.13. The second kappa shape index (κ2) is 10.2. The third kappa shape index (κ3) is 6.77. The highest BCUT2D eigenvalue weighted by Gasteiger charge is 2.24. The first-order valence-corrected chi connectivity index (χ1v) is 9.75. The van der Waals surface area contributed by atoms with E-state index in [2.05, 4.69) is 41.2 Å². The van der Waals surface area contributed by atoms with Crippen LogP contribution < -0.4 is 10.1 Å². The summed E-state index contributed by atoms with van der Waals surface area (Å²) >= 11 is 0. The molecule has 0 spiro atoms. The minimum Gasteiger partial charge on any atom is -0.497 e. The Morgan fingerprint density at radius 3 is 2.41 bits per heavy atom. The summed E-state index contributed by atoms with van der Waals surface area (Å²) in [5, 5.41) is 3.48. The minimum absolute atomic E-state index is 0.0163. The monoisotopic (exact) mass is 374 g/mol. The molecule has 1 amide bonds. The van der Waals surface area contributed by atoms with Crippen LogP contribution in [0.4, 0.5) is 0 Å². The Kier molecular flexibility index (Phi) is 7.95. The summed E-state index contributed by atoms with van der Waals surface area (Å²) in [6.45, 7) is 7.48. The number of piperidine rings is 1. The molecule has 2 atom stereocenters. The highest BCUT2D eigenvalue weighted by Crippen LogP contribution is 2.21. The fourth-order valence-electron chi connectivity index (χ4n) is 3.50. The molecule has 1 aliphatic heterocycles. The van der Waals surface area contributed by atoms with Gasteiger partial charge in [0, 0.05) is 33.7 Å². The van der Waals surface area contributed by atoms with Crippen LogP contribution in [0.25, 0.3) is 0 Å². The number of likely N-dealkylation sites (tertiary alicyclic amines) is 1. The van der Waals surface area contributed by atoms with Crippen molar-refractivity contribution in [3.8, 4) is 5.75 Å². The summed E-state index contributed by atoms with van der Waals surface area (Å²) in [5.41, 5.74) is 1.24. The molecule has 0 aliphatic carbocycles. The predicted octanol–water partition coefficient (Wildman–Crippen LogP) is 2.25. The van der Waals surface area contributed by atoms with Crippen molar-refractivity contribution in [1.29, 1.82) is 0 Å². The zero-order valence-electron chi connectivity index (χ0n) is 17.4. The van der Waals surface area contributed by atoms with Crippen molar-refractivity contribution in [1.82, 2.24) is 15.1 Å². The fraction of sp³-hybridized carbons (Fsp3) is 0.619. The number of ether oxygens (including phenoxy) is 1. The largest absolute Gasteiger partial charge is 0.497 e. The standard InChI is InChI=1S/C21H34N4O2/c1-16-12-17(2)15-25(14-16)21(23-13-20(26)24(3)4)22-11-10-18-6-8-19(27-5)9-7-18/h6-9,16-17H,10-15H2,1-5H3,(H,22,23). The van der Waals surface area contributed by atoms with E-state index in [-0.39, 0.29) is 12.5 Å². The number of benzene rings is 1. The molecular formula is C21H34N4O2. The maximum atomic E-state index is 12.0. The summed E-state index contributed by atoms with van der Waals surface area (Å²) in [7, 11) is 5.20. The van der Waals surface area contributed by atoms with Crippen molar-refractivity contribution in [3.63, 3.8) is 0 Å². The van der Waals surface area contributed by atoms with Gasteiger partial charge in [-0.3, -0.25) is 4.79 Å².